The highest BCUT2D eigenvalue weighted by Crippen LogP contribution is 2.32. The first-order chi connectivity index (χ1) is 11.1. The van der Waals surface area contributed by atoms with Gasteiger partial charge in [0, 0.05) is 10.7 Å². The van der Waals surface area contributed by atoms with Crippen LogP contribution >= 0.6 is 35.6 Å². The van der Waals surface area contributed by atoms with Crippen molar-refractivity contribution in [3.05, 3.63) is 70.1 Å². The molecule has 0 bridgehead atoms. The lowest BCUT2D eigenvalue weighted by atomic mass is 10.2. The van der Waals surface area contributed by atoms with Crippen molar-refractivity contribution in [2.75, 3.05) is 12.0 Å². The van der Waals surface area contributed by atoms with Crippen LogP contribution in [0.15, 0.2) is 59.5 Å². The quantitative estimate of drug-likeness (QED) is 0.637. The summed E-state index contributed by atoms with van der Waals surface area (Å²) in [6.07, 6.45) is 1.86. The zero-order valence-electron chi connectivity index (χ0n) is 12.0. The molecule has 0 spiro atoms. The third-order valence-corrected chi connectivity index (χ3v) is 4.85. The summed E-state index contributed by atoms with van der Waals surface area (Å²) in [4.78, 5) is 14.7. The molecule has 1 amide bonds. The largest absolute Gasteiger partial charge is 0.367 e. The minimum absolute atomic E-state index is 0.0848. The number of nitrogens with one attached hydrogen (secondary N) is 1. The molecule has 116 valence electrons. The van der Waals surface area contributed by atoms with Gasteiger partial charge in [-0.2, -0.15) is 0 Å². The van der Waals surface area contributed by atoms with Gasteiger partial charge in [0.25, 0.3) is 5.91 Å². The van der Waals surface area contributed by atoms with E-state index in [9.17, 15) is 4.79 Å². The molecule has 1 aliphatic heterocycles. The highest BCUT2D eigenvalue weighted by Gasteiger charge is 2.31. The second-order valence-electron chi connectivity index (χ2n) is 4.87. The summed E-state index contributed by atoms with van der Waals surface area (Å²) in [7, 11) is 0. The molecule has 6 heteroatoms. The van der Waals surface area contributed by atoms with E-state index in [2.05, 4.69) is 5.32 Å². The van der Waals surface area contributed by atoms with Gasteiger partial charge in [-0.15, -0.1) is 0 Å². The Kier molecular flexibility index (Phi) is 5.00. The predicted molar refractivity (Wildman–Crippen MR) is 101 cm³/mol. The fraction of sp³-hybridized carbons (Fsp3) is 0.0588. The van der Waals surface area contributed by atoms with Gasteiger partial charge in [-0.3, -0.25) is 9.69 Å². The lowest BCUT2D eigenvalue weighted by Crippen LogP contribution is -2.33. The van der Waals surface area contributed by atoms with Crippen LogP contribution in [0.4, 0.5) is 5.69 Å². The third kappa shape index (κ3) is 3.93. The molecule has 23 heavy (non-hydrogen) atoms. The minimum atomic E-state index is -0.0848. The van der Waals surface area contributed by atoms with E-state index in [1.165, 1.54) is 11.8 Å². The zero-order chi connectivity index (χ0) is 16.2. The topological polar surface area (TPSA) is 32.3 Å². The van der Waals surface area contributed by atoms with Crippen LogP contribution < -0.4 is 5.32 Å². The smallest absolute Gasteiger partial charge is 0.267 e. The molecule has 0 saturated carbocycles. The van der Waals surface area contributed by atoms with E-state index in [4.69, 9.17) is 23.8 Å². The van der Waals surface area contributed by atoms with Gasteiger partial charge in [0.05, 0.1) is 11.6 Å². The standard InChI is InChI=1S/C17H13ClN2OS2/c18-13-7-4-8-14(10-13)19-11-20-16(21)15(23-17(20)22)9-12-5-2-1-3-6-12/h1-10,19H,11H2. The fourth-order valence-electron chi connectivity index (χ4n) is 2.11. The van der Waals surface area contributed by atoms with Gasteiger partial charge in [0.2, 0.25) is 0 Å². The van der Waals surface area contributed by atoms with Gasteiger partial charge in [-0.1, -0.05) is 72.0 Å². The molecular formula is C17H13ClN2OS2. The van der Waals surface area contributed by atoms with Crippen molar-refractivity contribution in [2.24, 2.45) is 0 Å². The molecule has 0 aliphatic carbocycles. The molecule has 0 atom stereocenters. The number of carbonyl (C=O) groups is 1. The number of carbonyl (C=O) groups excluding carboxylic acids is 1. The highest BCUT2D eigenvalue weighted by atomic mass is 35.5. The maximum absolute atomic E-state index is 12.5. The van der Waals surface area contributed by atoms with Crippen LogP contribution in [0.3, 0.4) is 0 Å². The van der Waals surface area contributed by atoms with Gasteiger partial charge in [-0.25, -0.2) is 0 Å². The van der Waals surface area contributed by atoms with E-state index in [-0.39, 0.29) is 5.91 Å². The highest BCUT2D eigenvalue weighted by molar-refractivity contribution is 8.26. The maximum Gasteiger partial charge on any atom is 0.267 e. The Morgan fingerprint density at radius 3 is 2.70 bits per heavy atom. The molecule has 0 unspecified atom stereocenters. The molecule has 0 radical (unpaired) electrons. The SMILES string of the molecule is O=C1C(=Cc2ccccc2)SC(=S)N1CNc1cccc(Cl)c1. The first-order valence-corrected chi connectivity index (χ1v) is 8.53. The summed E-state index contributed by atoms with van der Waals surface area (Å²) >= 11 is 12.6. The van der Waals surface area contributed by atoms with E-state index >= 15 is 0 Å². The normalized spacial score (nSPS) is 16.2. The van der Waals surface area contributed by atoms with Crippen LogP contribution in [0, 0.1) is 0 Å². The molecule has 3 nitrogen and oxygen atoms in total. The number of hydrogen-bond acceptors (Lipinski definition) is 4. The van der Waals surface area contributed by atoms with E-state index in [1.807, 2.05) is 48.5 Å². The Bertz CT molecular complexity index is 777. The van der Waals surface area contributed by atoms with E-state index < -0.39 is 0 Å². The van der Waals surface area contributed by atoms with Gasteiger partial charge < -0.3 is 5.32 Å². The first kappa shape index (κ1) is 16.1. The molecule has 2 aromatic carbocycles. The van der Waals surface area contributed by atoms with Crippen LogP contribution in [-0.4, -0.2) is 21.8 Å². The van der Waals surface area contributed by atoms with Crippen LogP contribution in [-0.2, 0) is 4.79 Å². The van der Waals surface area contributed by atoms with Crippen molar-refractivity contribution in [1.82, 2.24) is 4.90 Å². The molecule has 0 aromatic heterocycles. The minimum Gasteiger partial charge on any atom is -0.367 e. The number of thiocarbonyl (C=S) groups is 1. The van der Waals surface area contributed by atoms with Crippen molar-refractivity contribution in [3.8, 4) is 0 Å². The van der Waals surface area contributed by atoms with Crippen LogP contribution in [0.25, 0.3) is 6.08 Å². The van der Waals surface area contributed by atoms with Crippen molar-refractivity contribution >= 4 is 57.6 Å². The number of benzene rings is 2. The summed E-state index contributed by atoms with van der Waals surface area (Å²) in [5.74, 6) is -0.0848. The average molecular weight is 361 g/mol. The second-order valence-corrected chi connectivity index (χ2v) is 6.98. The van der Waals surface area contributed by atoms with Crippen LogP contribution in [0.1, 0.15) is 5.56 Å². The third-order valence-electron chi connectivity index (χ3n) is 3.24. The zero-order valence-corrected chi connectivity index (χ0v) is 14.4. The van der Waals surface area contributed by atoms with Gasteiger partial charge in [-0.05, 0) is 29.8 Å². The Hall–Kier alpha value is -1.82. The van der Waals surface area contributed by atoms with Crippen molar-refractivity contribution < 1.29 is 4.79 Å². The summed E-state index contributed by atoms with van der Waals surface area (Å²) in [6, 6.07) is 17.1. The Morgan fingerprint density at radius 2 is 1.96 bits per heavy atom. The summed E-state index contributed by atoms with van der Waals surface area (Å²) in [6.45, 7) is 0.317. The van der Waals surface area contributed by atoms with Crippen LogP contribution in [0.5, 0.6) is 0 Å². The number of halogens is 1. The van der Waals surface area contributed by atoms with E-state index in [0.717, 1.165) is 11.3 Å². The molecule has 1 N–H and O–H groups in total. The lowest BCUT2D eigenvalue weighted by molar-refractivity contribution is -0.121. The number of nitrogens with zero attached hydrogens (tertiary/aromatic N) is 1. The summed E-state index contributed by atoms with van der Waals surface area (Å²) < 4.78 is 0.548. The molecule has 3 rings (SSSR count). The van der Waals surface area contributed by atoms with Crippen LogP contribution in [0.2, 0.25) is 5.02 Å². The Morgan fingerprint density at radius 1 is 1.17 bits per heavy atom. The number of thioether (sulfide) groups is 1. The summed E-state index contributed by atoms with van der Waals surface area (Å²) in [5.41, 5.74) is 1.83. The number of rotatable bonds is 4. The maximum atomic E-state index is 12.5. The predicted octanol–water partition coefficient (Wildman–Crippen LogP) is 4.61. The van der Waals surface area contributed by atoms with Crippen molar-refractivity contribution in [2.45, 2.75) is 0 Å². The van der Waals surface area contributed by atoms with Gasteiger partial charge in [0.1, 0.15) is 4.32 Å². The molecule has 2 aromatic rings. The molecular weight excluding hydrogens is 348 g/mol. The second kappa shape index (κ2) is 7.17. The molecule has 1 fully saturated rings. The lowest BCUT2D eigenvalue weighted by Gasteiger charge is -2.16. The van der Waals surface area contributed by atoms with Gasteiger partial charge >= 0.3 is 0 Å². The monoisotopic (exact) mass is 360 g/mol. The van der Waals surface area contributed by atoms with E-state index in [1.54, 1.807) is 17.0 Å². The van der Waals surface area contributed by atoms with Crippen molar-refractivity contribution in [3.63, 3.8) is 0 Å². The Labute approximate surface area is 149 Å². The number of hydrogen-bond donors (Lipinski definition) is 1. The number of anilines is 1. The van der Waals surface area contributed by atoms with Crippen molar-refractivity contribution in [1.29, 1.82) is 0 Å². The first-order valence-electron chi connectivity index (χ1n) is 6.93. The molecule has 1 saturated heterocycles. The molecule has 1 heterocycles. The number of amides is 1. The Balaban J connectivity index is 1.70. The summed E-state index contributed by atoms with van der Waals surface area (Å²) in [5, 5.41) is 3.81. The van der Waals surface area contributed by atoms with Gasteiger partial charge in [0.15, 0.2) is 0 Å². The average Bonchev–Trinajstić information content (AvgIpc) is 2.80. The van der Waals surface area contributed by atoms with E-state index in [0.29, 0.717) is 20.9 Å². The fourth-order valence-corrected chi connectivity index (χ4v) is 3.55. The molecule has 1 aliphatic rings.